The van der Waals surface area contributed by atoms with Crippen molar-refractivity contribution >= 4 is 38.3 Å². The maximum atomic E-state index is 6.42. The summed E-state index contributed by atoms with van der Waals surface area (Å²) in [7, 11) is 0. The standard InChI is InChI=1S/C14H14BrCl/c1-2-5-14(16)12-8-9-13(15)11-7-4-3-6-10(11)12/h3-4,6-9,14H,2,5H2,1H3. The fourth-order valence-corrected chi connectivity index (χ4v) is 2.85. The molecule has 0 amide bonds. The predicted octanol–water partition coefficient (Wildman–Crippen LogP) is 5.68. The van der Waals surface area contributed by atoms with Crippen molar-refractivity contribution in [1.29, 1.82) is 0 Å². The first-order valence-electron chi connectivity index (χ1n) is 5.55. The molecule has 84 valence electrons. The largest absolute Gasteiger partial charge is 0.118 e. The molecule has 0 aromatic heterocycles. The molecule has 16 heavy (non-hydrogen) atoms. The summed E-state index contributed by atoms with van der Waals surface area (Å²) in [6.07, 6.45) is 2.13. The monoisotopic (exact) mass is 296 g/mol. The molecule has 1 atom stereocenters. The van der Waals surface area contributed by atoms with Crippen molar-refractivity contribution in [1.82, 2.24) is 0 Å². The summed E-state index contributed by atoms with van der Waals surface area (Å²) >= 11 is 10.00. The molecule has 0 saturated carbocycles. The van der Waals surface area contributed by atoms with Crippen LogP contribution >= 0.6 is 27.5 Å². The van der Waals surface area contributed by atoms with E-state index in [1.165, 1.54) is 16.3 Å². The molecular weight excluding hydrogens is 284 g/mol. The maximum Gasteiger partial charge on any atom is 0.0591 e. The SMILES string of the molecule is CCCC(Cl)c1ccc(Br)c2ccccc12. The molecule has 0 aliphatic carbocycles. The van der Waals surface area contributed by atoms with Crippen molar-refractivity contribution in [2.24, 2.45) is 0 Å². The van der Waals surface area contributed by atoms with Crippen LogP contribution in [0.25, 0.3) is 10.8 Å². The van der Waals surface area contributed by atoms with E-state index < -0.39 is 0 Å². The van der Waals surface area contributed by atoms with Crippen LogP contribution in [0.4, 0.5) is 0 Å². The van der Waals surface area contributed by atoms with Gasteiger partial charge >= 0.3 is 0 Å². The Hall–Kier alpha value is -0.530. The summed E-state index contributed by atoms with van der Waals surface area (Å²) in [6.45, 7) is 2.16. The molecule has 0 aliphatic heterocycles. The van der Waals surface area contributed by atoms with Crippen molar-refractivity contribution in [2.75, 3.05) is 0 Å². The van der Waals surface area contributed by atoms with Gasteiger partial charge < -0.3 is 0 Å². The quantitative estimate of drug-likeness (QED) is 0.639. The minimum atomic E-state index is 0.114. The zero-order valence-corrected chi connectivity index (χ0v) is 11.6. The molecule has 2 aromatic carbocycles. The smallest absolute Gasteiger partial charge is 0.0591 e. The zero-order valence-electron chi connectivity index (χ0n) is 9.21. The molecule has 2 rings (SSSR count). The van der Waals surface area contributed by atoms with Gasteiger partial charge in [0.1, 0.15) is 0 Å². The van der Waals surface area contributed by atoms with Gasteiger partial charge in [-0.25, -0.2) is 0 Å². The lowest BCUT2D eigenvalue weighted by atomic mass is 10.00. The second kappa shape index (κ2) is 5.20. The lowest BCUT2D eigenvalue weighted by molar-refractivity contribution is 0.774. The van der Waals surface area contributed by atoms with E-state index in [9.17, 15) is 0 Å². The highest BCUT2D eigenvalue weighted by Gasteiger charge is 2.11. The molecule has 0 heterocycles. The van der Waals surface area contributed by atoms with E-state index in [0.29, 0.717) is 0 Å². The number of alkyl halides is 1. The van der Waals surface area contributed by atoms with E-state index in [1.807, 2.05) is 0 Å². The summed E-state index contributed by atoms with van der Waals surface area (Å²) in [4.78, 5) is 0. The van der Waals surface area contributed by atoms with Crippen LogP contribution < -0.4 is 0 Å². The van der Waals surface area contributed by atoms with Gasteiger partial charge in [0, 0.05) is 4.47 Å². The van der Waals surface area contributed by atoms with Crippen LogP contribution in [-0.4, -0.2) is 0 Å². The summed E-state index contributed by atoms with van der Waals surface area (Å²) < 4.78 is 1.13. The van der Waals surface area contributed by atoms with Crippen LogP contribution in [0, 0.1) is 0 Å². The normalized spacial score (nSPS) is 12.9. The number of hydrogen-bond donors (Lipinski definition) is 0. The highest BCUT2D eigenvalue weighted by atomic mass is 79.9. The second-order valence-electron chi connectivity index (χ2n) is 3.94. The Morgan fingerprint density at radius 3 is 2.50 bits per heavy atom. The van der Waals surface area contributed by atoms with Crippen molar-refractivity contribution in [3.05, 3.63) is 46.4 Å². The van der Waals surface area contributed by atoms with Gasteiger partial charge in [0.25, 0.3) is 0 Å². The van der Waals surface area contributed by atoms with E-state index in [1.54, 1.807) is 0 Å². The van der Waals surface area contributed by atoms with Gasteiger partial charge in [-0.2, -0.15) is 0 Å². The Balaban J connectivity index is 2.58. The van der Waals surface area contributed by atoms with Gasteiger partial charge in [-0.15, -0.1) is 11.6 Å². The maximum absolute atomic E-state index is 6.42. The molecule has 0 aliphatic rings. The van der Waals surface area contributed by atoms with Crippen LogP contribution in [0.15, 0.2) is 40.9 Å². The molecule has 0 nitrogen and oxygen atoms in total. The molecule has 0 saturated heterocycles. The van der Waals surface area contributed by atoms with E-state index in [-0.39, 0.29) is 5.38 Å². The number of fused-ring (bicyclic) bond motifs is 1. The lowest BCUT2D eigenvalue weighted by Crippen LogP contribution is -1.92. The van der Waals surface area contributed by atoms with Crippen LogP contribution in [0.5, 0.6) is 0 Å². The average Bonchev–Trinajstić information content (AvgIpc) is 2.30. The Bertz CT molecular complexity index is 493. The summed E-state index contributed by atoms with van der Waals surface area (Å²) in [5, 5.41) is 2.61. The Kier molecular flexibility index (Phi) is 3.88. The number of hydrogen-bond acceptors (Lipinski definition) is 0. The molecule has 2 aromatic rings. The fraction of sp³-hybridized carbons (Fsp3) is 0.286. The summed E-state index contributed by atoms with van der Waals surface area (Å²) in [5.74, 6) is 0. The van der Waals surface area contributed by atoms with Crippen molar-refractivity contribution in [3.8, 4) is 0 Å². The Morgan fingerprint density at radius 1 is 1.12 bits per heavy atom. The van der Waals surface area contributed by atoms with Gasteiger partial charge in [-0.05, 0) is 28.8 Å². The lowest BCUT2D eigenvalue weighted by Gasteiger charge is -2.12. The van der Waals surface area contributed by atoms with Crippen molar-refractivity contribution in [3.63, 3.8) is 0 Å². The Labute approximate surface area is 110 Å². The number of rotatable bonds is 3. The molecule has 0 bridgehead atoms. The summed E-state index contributed by atoms with van der Waals surface area (Å²) in [6, 6.07) is 12.6. The van der Waals surface area contributed by atoms with Gasteiger partial charge in [0.15, 0.2) is 0 Å². The Morgan fingerprint density at radius 2 is 1.81 bits per heavy atom. The summed E-state index contributed by atoms with van der Waals surface area (Å²) in [5.41, 5.74) is 1.24. The van der Waals surface area contributed by atoms with E-state index in [2.05, 4.69) is 59.3 Å². The molecule has 0 fully saturated rings. The minimum absolute atomic E-state index is 0.114. The third-order valence-corrected chi connectivity index (χ3v) is 3.93. The third-order valence-electron chi connectivity index (χ3n) is 2.78. The minimum Gasteiger partial charge on any atom is -0.118 e. The number of halogens is 2. The van der Waals surface area contributed by atoms with Crippen LogP contribution in [0.3, 0.4) is 0 Å². The first-order chi connectivity index (χ1) is 7.74. The van der Waals surface area contributed by atoms with Gasteiger partial charge in [0.05, 0.1) is 5.38 Å². The first-order valence-corrected chi connectivity index (χ1v) is 6.78. The van der Waals surface area contributed by atoms with Crippen molar-refractivity contribution < 1.29 is 0 Å². The highest BCUT2D eigenvalue weighted by molar-refractivity contribution is 9.10. The van der Waals surface area contributed by atoms with E-state index in [0.717, 1.165) is 17.3 Å². The molecule has 0 spiro atoms. The van der Waals surface area contributed by atoms with Gasteiger partial charge in [-0.3, -0.25) is 0 Å². The second-order valence-corrected chi connectivity index (χ2v) is 5.32. The first kappa shape index (κ1) is 11.9. The molecule has 0 radical (unpaired) electrons. The average molecular weight is 298 g/mol. The van der Waals surface area contributed by atoms with Crippen LogP contribution in [-0.2, 0) is 0 Å². The van der Waals surface area contributed by atoms with E-state index in [4.69, 9.17) is 11.6 Å². The predicted molar refractivity (Wildman–Crippen MR) is 75.2 cm³/mol. The molecule has 1 unspecified atom stereocenters. The molecular formula is C14H14BrCl. The zero-order chi connectivity index (χ0) is 11.5. The van der Waals surface area contributed by atoms with Crippen LogP contribution in [0.2, 0.25) is 0 Å². The van der Waals surface area contributed by atoms with Crippen LogP contribution in [0.1, 0.15) is 30.7 Å². The molecule has 2 heteroatoms. The van der Waals surface area contributed by atoms with Gasteiger partial charge in [0.2, 0.25) is 0 Å². The highest BCUT2D eigenvalue weighted by Crippen LogP contribution is 2.34. The third kappa shape index (κ3) is 2.26. The fourth-order valence-electron chi connectivity index (χ4n) is 1.97. The van der Waals surface area contributed by atoms with E-state index >= 15 is 0 Å². The topological polar surface area (TPSA) is 0 Å². The van der Waals surface area contributed by atoms with Gasteiger partial charge in [-0.1, -0.05) is 59.6 Å². The number of benzene rings is 2. The molecule has 0 N–H and O–H groups in total. The van der Waals surface area contributed by atoms with Crippen molar-refractivity contribution in [2.45, 2.75) is 25.1 Å².